The van der Waals surface area contributed by atoms with Crippen LogP contribution in [0.5, 0.6) is 0 Å². The molecule has 0 saturated carbocycles. The Balaban J connectivity index is 0.918. The molecule has 0 heterocycles. The van der Waals surface area contributed by atoms with Gasteiger partial charge in [-0.25, -0.2) is 0 Å². The van der Waals surface area contributed by atoms with Crippen molar-refractivity contribution in [2.45, 2.75) is 26.2 Å². The van der Waals surface area contributed by atoms with Gasteiger partial charge in [0.25, 0.3) is 0 Å². The van der Waals surface area contributed by atoms with Crippen LogP contribution in [0.1, 0.15) is 50.4 Å². The monoisotopic (exact) mass is 874 g/mol. The van der Waals surface area contributed by atoms with Gasteiger partial charge in [-0.2, -0.15) is 0 Å². The summed E-state index contributed by atoms with van der Waals surface area (Å²) in [4.78, 5) is 4.69. The van der Waals surface area contributed by atoms with E-state index >= 15 is 0 Å². The lowest BCUT2D eigenvalue weighted by molar-refractivity contribution is 0.805. The SMILES string of the molecule is Cc1ccc(N(c2ccc(C=C(c3ccccc3)c3ccccc3)cc2)c2ccc(-c3ccc(N(c4ccc(C)cc4)c4ccc(CC(c5ccccc5)c5ccccc5)cc4)cc3)cc2)cc1. The Hall–Kier alpha value is -8.46. The number of aryl methyl sites for hydroxylation is 2. The van der Waals surface area contributed by atoms with Crippen LogP contribution < -0.4 is 9.80 Å². The molecular formula is C66H54N2. The van der Waals surface area contributed by atoms with Crippen molar-refractivity contribution in [3.05, 3.63) is 311 Å². The van der Waals surface area contributed by atoms with Gasteiger partial charge in [-0.15, -0.1) is 0 Å². The fourth-order valence-electron chi connectivity index (χ4n) is 9.16. The zero-order valence-corrected chi connectivity index (χ0v) is 38.7. The molecule has 10 rings (SSSR count). The molecule has 10 aromatic rings. The molecule has 0 radical (unpaired) electrons. The predicted octanol–water partition coefficient (Wildman–Crippen LogP) is 17.9. The Morgan fingerprint density at radius 3 is 1.01 bits per heavy atom. The zero-order valence-electron chi connectivity index (χ0n) is 38.7. The average Bonchev–Trinajstić information content (AvgIpc) is 3.41. The van der Waals surface area contributed by atoms with Crippen molar-refractivity contribution in [3.8, 4) is 11.1 Å². The molecular weight excluding hydrogens is 821 g/mol. The lowest BCUT2D eigenvalue weighted by Crippen LogP contribution is -2.10. The first-order valence-corrected chi connectivity index (χ1v) is 23.6. The van der Waals surface area contributed by atoms with Crippen LogP contribution in [0.25, 0.3) is 22.8 Å². The van der Waals surface area contributed by atoms with Crippen LogP contribution >= 0.6 is 0 Å². The summed E-state index contributed by atoms with van der Waals surface area (Å²) in [6.45, 7) is 4.28. The molecule has 2 heteroatoms. The van der Waals surface area contributed by atoms with E-state index < -0.39 is 0 Å². The second-order valence-electron chi connectivity index (χ2n) is 17.6. The molecule has 0 spiro atoms. The Bertz CT molecular complexity index is 3100. The normalized spacial score (nSPS) is 11.0. The van der Waals surface area contributed by atoms with Crippen molar-refractivity contribution in [2.75, 3.05) is 9.80 Å². The predicted molar refractivity (Wildman–Crippen MR) is 289 cm³/mol. The van der Waals surface area contributed by atoms with Gasteiger partial charge in [-0.1, -0.05) is 205 Å². The maximum atomic E-state index is 2.35. The van der Waals surface area contributed by atoms with Crippen LogP contribution in [-0.4, -0.2) is 0 Å². The van der Waals surface area contributed by atoms with E-state index in [4.69, 9.17) is 0 Å². The van der Waals surface area contributed by atoms with Gasteiger partial charge >= 0.3 is 0 Å². The highest BCUT2D eigenvalue weighted by Crippen LogP contribution is 2.39. The summed E-state index contributed by atoms with van der Waals surface area (Å²) < 4.78 is 0. The summed E-state index contributed by atoms with van der Waals surface area (Å²) in [5.41, 5.74) is 20.2. The smallest absolute Gasteiger partial charge is 0.0462 e. The number of anilines is 6. The number of hydrogen-bond donors (Lipinski definition) is 0. The molecule has 0 aromatic heterocycles. The maximum absolute atomic E-state index is 2.35. The number of hydrogen-bond acceptors (Lipinski definition) is 2. The van der Waals surface area contributed by atoms with Gasteiger partial charge in [-0.3, -0.25) is 0 Å². The second-order valence-corrected chi connectivity index (χ2v) is 17.6. The second kappa shape index (κ2) is 20.4. The molecule has 328 valence electrons. The number of benzene rings is 10. The summed E-state index contributed by atoms with van der Waals surface area (Å²) >= 11 is 0. The van der Waals surface area contributed by atoms with Crippen molar-refractivity contribution in [2.24, 2.45) is 0 Å². The van der Waals surface area contributed by atoms with Gasteiger partial charge < -0.3 is 9.80 Å². The summed E-state index contributed by atoms with van der Waals surface area (Å²) in [5, 5.41) is 0. The van der Waals surface area contributed by atoms with E-state index in [0.717, 1.165) is 57.2 Å². The molecule has 0 atom stereocenters. The molecule has 0 bridgehead atoms. The van der Waals surface area contributed by atoms with Gasteiger partial charge in [-0.05, 0) is 149 Å². The van der Waals surface area contributed by atoms with Gasteiger partial charge in [0.15, 0.2) is 0 Å². The van der Waals surface area contributed by atoms with E-state index in [0.29, 0.717) is 0 Å². The van der Waals surface area contributed by atoms with E-state index in [1.54, 1.807) is 0 Å². The highest BCUT2D eigenvalue weighted by molar-refractivity contribution is 5.92. The summed E-state index contributed by atoms with van der Waals surface area (Å²) in [6, 6.07) is 96.6. The minimum Gasteiger partial charge on any atom is -0.311 e. The van der Waals surface area contributed by atoms with Gasteiger partial charge in [0.05, 0.1) is 0 Å². The molecule has 0 fully saturated rings. The average molecular weight is 875 g/mol. The Morgan fingerprint density at radius 2 is 0.647 bits per heavy atom. The topological polar surface area (TPSA) is 6.48 Å². The molecule has 0 aliphatic heterocycles. The van der Waals surface area contributed by atoms with Crippen molar-refractivity contribution in [1.29, 1.82) is 0 Å². The number of nitrogens with zero attached hydrogens (tertiary/aromatic N) is 2. The van der Waals surface area contributed by atoms with Crippen LogP contribution in [0.2, 0.25) is 0 Å². The fourth-order valence-corrected chi connectivity index (χ4v) is 9.16. The highest BCUT2D eigenvalue weighted by atomic mass is 15.1. The van der Waals surface area contributed by atoms with Gasteiger partial charge in [0, 0.05) is 40.0 Å². The van der Waals surface area contributed by atoms with Crippen LogP contribution in [0, 0.1) is 13.8 Å². The lowest BCUT2D eigenvalue weighted by Gasteiger charge is -2.27. The first-order valence-electron chi connectivity index (χ1n) is 23.6. The van der Waals surface area contributed by atoms with Crippen LogP contribution in [-0.2, 0) is 6.42 Å². The van der Waals surface area contributed by atoms with E-state index in [2.05, 4.69) is 297 Å². The van der Waals surface area contributed by atoms with E-state index in [1.165, 1.54) is 44.5 Å². The molecule has 0 N–H and O–H groups in total. The Kier molecular flexibility index (Phi) is 13.0. The molecule has 2 nitrogen and oxygen atoms in total. The lowest BCUT2D eigenvalue weighted by atomic mass is 9.86. The Labute approximate surface area is 402 Å². The third-order valence-corrected chi connectivity index (χ3v) is 12.8. The van der Waals surface area contributed by atoms with Crippen molar-refractivity contribution >= 4 is 45.8 Å². The van der Waals surface area contributed by atoms with Crippen molar-refractivity contribution in [1.82, 2.24) is 0 Å². The first kappa shape index (κ1) is 43.4. The zero-order chi connectivity index (χ0) is 46.1. The minimum absolute atomic E-state index is 0.275. The minimum atomic E-state index is 0.275. The standard InChI is InChI=1S/C66H54N2/c1-49-23-35-59(36-24-49)67(61-39-27-51(28-40-61)47-65(55-15-7-3-8-16-55)56-17-9-4-10-18-56)63-43-31-53(32-44-63)54-33-45-64(46-34-54)68(60-37-25-50(2)26-38-60)62-41-29-52(30-42-62)48-66(57-19-11-5-12-20-57)58-21-13-6-14-22-58/h3-47,66H,48H2,1-2H3. The van der Waals surface area contributed by atoms with E-state index in [1.807, 2.05) is 0 Å². The third-order valence-electron chi connectivity index (χ3n) is 12.8. The molecule has 0 aliphatic rings. The molecule has 10 aromatic carbocycles. The van der Waals surface area contributed by atoms with Crippen LogP contribution in [0.3, 0.4) is 0 Å². The number of rotatable bonds is 14. The summed E-state index contributed by atoms with van der Waals surface area (Å²) in [6.07, 6.45) is 3.21. The summed E-state index contributed by atoms with van der Waals surface area (Å²) in [5.74, 6) is 0.275. The molecule has 0 amide bonds. The first-order chi connectivity index (χ1) is 33.5. The molecule has 0 aliphatic carbocycles. The Morgan fingerprint density at radius 1 is 0.338 bits per heavy atom. The maximum Gasteiger partial charge on any atom is 0.0462 e. The molecule has 68 heavy (non-hydrogen) atoms. The molecule has 0 saturated heterocycles. The van der Waals surface area contributed by atoms with Crippen molar-refractivity contribution in [3.63, 3.8) is 0 Å². The van der Waals surface area contributed by atoms with Crippen molar-refractivity contribution < 1.29 is 0 Å². The van der Waals surface area contributed by atoms with Gasteiger partial charge in [0.1, 0.15) is 0 Å². The fraction of sp³-hybridized carbons (Fsp3) is 0.0606. The largest absolute Gasteiger partial charge is 0.311 e. The van der Waals surface area contributed by atoms with E-state index in [9.17, 15) is 0 Å². The quantitative estimate of drug-likeness (QED) is 0.100. The highest BCUT2D eigenvalue weighted by Gasteiger charge is 2.18. The summed E-state index contributed by atoms with van der Waals surface area (Å²) in [7, 11) is 0. The third kappa shape index (κ3) is 10.0. The van der Waals surface area contributed by atoms with Crippen LogP contribution in [0.4, 0.5) is 34.1 Å². The van der Waals surface area contributed by atoms with E-state index in [-0.39, 0.29) is 5.92 Å². The molecule has 0 unspecified atom stereocenters. The van der Waals surface area contributed by atoms with Gasteiger partial charge in [0.2, 0.25) is 0 Å². The van der Waals surface area contributed by atoms with Crippen LogP contribution in [0.15, 0.2) is 267 Å².